The van der Waals surface area contributed by atoms with Gasteiger partial charge in [0.05, 0.1) is 12.2 Å². The van der Waals surface area contributed by atoms with Crippen molar-refractivity contribution in [3.8, 4) is 0 Å². The number of nitrogens with one attached hydrogen (secondary N) is 1. The van der Waals surface area contributed by atoms with E-state index in [0.29, 0.717) is 6.54 Å². The molecule has 0 bridgehead atoms. The third-order valence-corrected chi connectivity index (χ3v) is 5.39. The summed E-state index contributed by atoms with van der Waals surface area (Å²) >= 11 is 3.33. The van der Waals surface area contributed by atoms with Crippen LogP contribution in [0, 0.1) is 0 Å². The molecule has 0 atom stereocenters. The van der Waals surface area contributed by atoms with Gasteiger partial charge >= 0.3 is 0 Å². The average molecular weight is 369 g/mol. The lowest BCUT2D eigenvalue weighted by Crippen LogP contribution is -2.29. The summed E-state index contributed by atoms with van der Waals surface area (Å²) in [7, 11) is 1.96. The molecule has 1 N–H and O–H groups in total. The van der Waals surface area contributed by atoms with E-state index in [0.717, 1.165) is 22.0 Å². The highest BCUT2D eigenvalue weighted by Crippen LogP contribution is 2.33. The summed E-state index contributed by atoms with van der Waals surface area (Å²) in [4.78, 5) is 16.6. The van der Waals surface area contributed by atoms with Crippen LogP contribution in [0.2, 0.25) is 0 Å². The molecule has 0 aliphatic rings. The van der Waals surface area contributed by atoms with Crippen LogP contribution in [0.25, 0.3) is 0 Å². The van der Waals surface area contributed by atoms with Crippen molar-refractivity contribution in [2.45, 2.75) is 16.3 Å². The third kappa shape index (κ3) is 5.46. The Labute approximate surface area is 156 Å². The summed E-state index contributed by atoms with van der Waals surface area (Å²) in [5.74, 6) is -0.00107. The Balaban J connectivity index is 1.61. The monoisotopic (exact) mass is 368 g/mol. The summed E-state index contributed by atoms with van der Waals surface area (Å²) < 4.78 is 0. The maximum absolute atomic E-state index is 12.4. The molecule has 3 rings (SSSR count). The van der Waals surface area contributed by atoms with Crippen LogP contribution in [0.1, 0.15) is 5.56 Å². The summed E-state index contributed by atoms with van der Waals surface area (Å²) in [6.45, 7) is 1.14. The lowest BCUT2D eigenvalue weighted by Gasteiger charge is -2.16. The number of carbonyl (C=O) groups excluding carboxylic acids is 1. The van der Waals surface area contributed by atoms with Gasteiger partial charge in [-0.2, -0.15) is 11.3 Å². The number of para-hydroxylation sites is 1. The number of likely N-dealkylation sites (N-methyl/N-ethyl adjacent to an activating group) is 1. The first-order valence-corrected chi connectivity index (χ1v) is 9.78. The van der Waals surface area contributed by atoms with Crippen LogP contribution in [0.4, 0.5) is 5.69 Å². The van der Waals surface area contributed by atoms with E-state index in [-0.39, 0.29) is 5.91 Å². The van der Waals surface area contributed by atoms with Crippen molar-refractivity contribution < 1.29 is 4.79 Å². The molecule has 1 amide bonds. The van der Waals surface area contributed by atoms with Crippen LogP contribution in [0.3, 0.4) is 0 Å². The number of hydrogen-bond acceptors (Lipinski definition) is 4. The number of nitrogens with zero attached hydrogens (tertiary/aromatic N) is 1. The highest BCUT2D eigenvalue weighted by atomic mass is 32.2. The van der Waals surface area contributed by atoms with Gasteiger partial charge in [-0.05, 0) is 53.7 Å². The van der Waals surface area contributed by atoms with Gasteiger partial charge in [-0.3, -0.25) is 9.69 Å². The predicted molar refractivity (Wildman–Crippen MR) is 106 cm³/mol. The molecule has 3 nitrogen and oxygen atoms in total. The van der Waals surface area contributed by atoms with Crippen molar-refractivity contribution >= 4 is 34.7 Å². The fourth-order valence-electron chi connectivity index (χ4n) is 2.46. The lowest BCUT2D eigenvalue weighted by molar-refractivity contribution is -0.117. The van der Waals surface area contributed by atoms with Crippen molar-refractivity contribution in [3.63, 3.8) is 0 Å². The zero-order valence-electron chi connectivity index (χ0n) is 14.0. The lowest BCUT2D eigenvalue weighted by atomic mass is 10.3. The minimum atomic E-state index is -0.00107. The van der Waals surface area contributed by atoms with E-state index in [1.54, 1.807) is 23.1 Å². The number of thiophene rings is 1. The summed E-state index contributed by atoms with van der Waals surface area (Å²) in [5, 5.41) is 7.21. The molecule has 0 saturated heterocycles. The van der Waals surface area contributed by atoms with E-state index in [4.69, 9.17) is 0 Å². The first kappa shape index (κ1) is 17.7. The quantitative estimate of drug-likeness (QED) is 0.639. The van der Waals surface area contributed by atoms with Crippen LogP contribution in [-0.4, -0.2) is 24.4 Å². The molecule has 128 valence electrons. The van der Waals surface area contributed by atoms with Crippen LogP contribution in [0.15, 0.2) is 81.2 Å². The molecular formula is C20H20N2OS2. The van der Waals surface area contributed by atoms with Gasteiger partial charge in [-0.1, -0.05) is 42.1 Å². The van der Waals surface area contributed by atoms with Crippen LogP contribution in [0.5, 0.6) is 0 Å². The minimum Gasteiger partial charge on any atom is -0.324 e. The Kier molecular flexibility index (Phi) is 6.28. The number of carbonyl (C=O) groups is 1. The fourth-order valence-corrected chi connectivity index (χ4v) is 4.04. The first-order valence-electron chi connectivity index (χ1n) is 8.02. The molecule has 0 spiro atoms. The number of anilines is 1. The van der Waals surface area contributed by atoms with E-state index in [2.05, 4.69) is 34.3 Å². The first-order chi connectivity index (χ1) is 12.2. The van der Waals surface area contributed by atoms with Gasteiger partial charge in [0.1, 0.15) is 0 Å². The summed E-state index contributed by atoms with van der Waals surface area (Å²) in [6.07, 6.45) is 0. The number of amides is 1. The molecular weight excluding hydrogens is 348 g/mol. The SMILES string of the molecule is CN(CC(=O)Nc1ccccc1Sc1ccccc1)Cc1ccsc1. The molecule has 0 aliphatic carbocycles. The second-order valence-corrected chi connectivity index (χ2v) is 7.66. The van der Waals surface area contributed by atoms with Crippen molar-refractivity contribution in [2.75, 3.05) is 18.9 Å². The standard InChI is InChI=1S/C20H20N2OS2/c1-22(13-16-11-12-24-15-16)14-20(23)21-18-9-5-6-10-19(18)25-17-7-3-2-4-8-17/h2-12,15H,13-14H2,1H3,(H,21,23). The summed E-state index contributed by atoms with van der Waals surface area (Å²) in [6, 6.07) is 20.2. The molecule has 5 heteroatoms. The van der Waals surface area contributed by atoms with Gasteiger partial charge < -0.3 is 5.32 Å². The van der Waals surface area contributed by atoms with E-state index >= 15 is 0 Å². The molecule has 0 saturated carbocycles. The fraction of sp³-hybridized carbons (Fsp3) is 0.150. The van der Waals surface area contributed by atoms with Crippen LogP contribution in [-0.2, 0) is 11.3 Å². The van der Waals surface area contributed by atoms with Gasteiger partial charge in [-0.15, -0.1) is 0 Å². The van der Waals surface area contributed by atoms with Crippen molar-refractivity contribution in [2.24, 2.45) is 0 Å². The molecule has 0 fully saturated rings. The van der Waals surface area contributed by atoms with Crippen molar-refractivity contribution in [1.29, 1.82) is 0 Å². The second kappa shape index (κ2) is 8.85. The zero-order valence-corrected chi connectivity index (χ0v) is 15.6. The Morgan fingerprint density at radius 1 is 1.08 bits per heavy atom. The zero-order chi connectivity index (χ0) is 17.5. The molecule has 0 radical (unpaired) electrons. The second-order valence-electron chi connectivity index (χ2n) is 5.76. The van der Waals surface area contributed by atoms with Gasteiger partial charge in [0.15, 0.2) is 0 Å². The van der Waals surface area contributed by atoms with Crippen molar-refractivity contribution in [3.05, 3.63) is 77.0 Å². The Morgan fingerprint density at radius 2 is 1.84 bits per heavy atom. The topological polar surface area (TPSA) is 32.3 Å². The van der Waals surface area contributed by atoms with Gasteiger partial charge in [0.25, 0.3) is 0 Å². The largest absolute Gasteiger partial charge is 0.324 e. The van der Waals surface area contributed by atoms with E-state index in [1.165, 1.54) is 5.56 Å². The average Bonchev–Trinajstić information content (AvgIpc) is 3.10. The smallest absolute Gasteiger partial charge is 0.238 e. The Bertz CT molecular complexity index is 804. The van der Waals surface area contributed by atoms with Gasteiger partial charge in [0, 0.05) is 16.3 Å². The van der Waals surface area contributed by atoms with E-state index in [1.807, 2.05) is 54.4 Å². The molecule has 0 unspecified atom stereocenters. The molecule has 25 heavy (non-hydrogen) atoms. The number of hydrogen-bond donors (Lipinski definition) is 1. The van der Waals surface area contributed by atoms with Crippen LogP contribution >= 0.6 is 23.1 Å². The van der Waals surface area contributed by atoms with Crippen LogP contribution < -0.4 is 5.32 Å². The van der Waals surface area contributed by atoms with E-state index < -0.39 is 0 Å². The summed E-state index contributed by atoms with van der Waals surface area (Å²) in [5.41, 5.74) is 2.09. The highest BCUT2D eigenvalue weighted by molar-refractivity contribution is 7.99. The Hall–Kier alpha value is -2.08. The third-order valence-electron chi connectivity index (χ3n) is 3.58. The molecule has 1 heterocycles. The minimum absolute atomic E-state index is 0.00107. The molecule has 3 aromatic rings. The normalized spacial score (nSPS) is 10.8. The van der Waals surface area contributed by atoms with Gasteiger partial charge in [0.2, 0.25) is 5.91 Å². The Morgan fingerprint density at radius 3 is 2.60 bits per heavy atom. The number of rotatable bonds is 7. The molecule has 2 aromatic carbocycles. The number of benzene rings is 2. The van der Waals surface area contributed by atoms with E-state index in [9.17, 15) is 4.79 Å². The molecule has 1 aromatic heterocycles. The highest BCUT2D eigenvalue weighted by Gasteiger charge is 2.10. The molecule has 0 aliphatic heterocycles. The van der Waals surface area contributed by atoms with Crippen molar-refractivity contribution in [1.82, 2.24) is 4.90 Å². The maximum atomic E-state index is 12.4. The predicted octanol–water partition coefficient (Wildman–Crippen LogP) is 4.97. The maximum Gasteiger partial charge on any atom is 0.238 e. The van der Waals surface area contributed by atoms with Gasteiger partial charge in [-0.25, -0.2) is 0 Å².